The van der Waals surface area contributed by atoms with E-state index >= 15 is 0 Å². The average molecular weight is 336 g/mol. The monoisotopic (exact) mass is 336 g/mol. The van der Waals surface area contributed by atoms with Crippen molar-refractivity contribution < 1.29 is 13.2 Å². The highest BCUT2D eigenvalue weighted by molar-refractivity contribution is 7.91. The highest BCUT2D eigenvalue weighted by atomic mass is 32.2. The second-order valence-corrected chi connectivity index (χ2v) is 8.71. The van der Waals surface area contributed by atoms with E-state index in [-0.39, 0.29) is 24.1 Å². The number of benzene rings is 1. The molecule has 5 nitrogen and oxygen atoms in total. The van der Waals surface area contributed by atoms with Gasteiger partial charge in [-0.15, -0.1) is 0 Å². The molecule has 3 N–H and O–H groups in total. The fourth-order valence-corrected chi connectivity index (χ4v) is 4.52. The maximum atomic E-state index is 12.4. The van der Waals surface area contributed by atoms with Crippen LogP contribution in [-0.2, 0) is 27.5 Å². The van der Waals surface area contributed by atoms with Crippen LogP contribution in [0.4, 0.5) is 0 Å². The lowest BCUT2D eigenvalue weighted by Crippen LogP contribution is -2.42. The van der Waals surface area contributed by atoms with Gasteiger partial charge in [-0.1, -0.05) is 6.07 Å². The first-order valence-electron chi connectivity index (χ1n) is 8.33. The molecule has 2 aliphatic rings. The fourth-order valence-electron chi connectivity index (χ4n) is 3.23. The molecular weight excluding hydrogens is 312 g/mol. The third-order valence-corrected chi connectivity index (χ3v) is 6.53. The summed E-state index contributed by atoms with van der Waals surface area (Å²) in [6.45, 7) is 0.411. The van der Waals surface area contributed by atoms with Crippen LogP contribution in [0.1, 0.15) is 36.8 Å². The first-order valence-corrected chi connectivity index (χ1v) is 9.99. The largest absolute Gasteiger partial charge is 0.352 e. The van der Waals surface area contributed by atoms with E-state index in [1.807, 2.05) is 6.07 Å². The Kier molecular flexibility index (Phi) is 4.73. The van der Waals surface area contributed by atoms with Gasteiger partial charge >= 0.3 is 0 Å². The van der Waals surface area contributed by atoms with Crippen LogP contribution in [0.25, 0.3) is 0 Å². The highest BCUT2D eigenvalue weighted by Gasteiger charge is 2.31. The summed E-state index contributed by atoms with van der Waals surface area (Å²) >= 11 is 0. The Labute approximate surface area is 137 Å². The molecule has 1 amide bonds. The molecule has 0 bridgehead atoms. The molecule has 3 rings (SSSR count). The zero-order valence-corrected chi connectivity index (χ0v) is 14.1. The molecule has 0 heterocycles. The molecule has 126 valence electrons. The number of sulfone groups is 1. The Morgan fingerprint density at radius 3 is 2.70 bits per heavy atom. The summed E-state index contributed by atoms with van der Waals surface area (Å²) in [5.41, 5.74) is 8.03. The maximum absolute atomic E-state index is 12.4. The summed E-state index contributed by atoms with van der Waals surface area (Å²) in [4.78, 5) is 12.3. The van der Waals surface area contributed by atoms with Crippen LogP contribution in [0, 0.1) is 5.92 Å². The van der Waals surface area contributed by atoms with Gasteiger partial charge < -0.3 is 11.1 Å². The number of fused-ring (bicyclic) bond motifs is 1. The number of carbonyl (C=O) groups excluding carboxylic acids is 1. The second kappa shape index (κ2) is 6.61. The summed E-state index contributed by atoms with van der Waals surface area (Å²) < 4.78 is 24.9. The van der Waals surface area contributed by atoms with Crippen molar-refractivity contribution in [3.63, 3.8) is 0 Å². The quantitative estimate of drug-likeness (QED) is 0.783. The maximum Gasteiger partial charge on any atom is 0.221 e. The van der Waals surface area contributed by atoms with Crippen LogP contribution in [0.2, 0.25) is 0 Å². The van der Waals surface area contributed by atoms with Gasteiger partial charge in [0.1, 0.15) is 0 Å². The van der Waals surface area contributed by atoms with Gasteiger partial charge in [-0.05, 0) is 61.3 Å². The Morgan fingerprint density at radius 1 is 1.26 bits per heavy atom. The van der Waals surface area contributed by atoms with Gasteiger partial charge in [0.15, 0.2) is 9.84 Å². The van der Waals surface area contributed by atoms with Crippen LogP contribution in [0.3, 0.4) is 0 Å². The zero-order chi connectivity index (χ0) is 16.4. The minimum atomic E-state index is -3.42. The number of nitrogens with two attached hydrogens (primary N) is 1. The smallest absolute Gasteiger partial charge is 0.221 e. The summed E-state index contributed by atoms with van der Waals surface area (Å²) in [5.74, 6) is 0.0916. The van der Waals surface area contributed by atoms with Gasteiger partial charge in [0, 0.05) is 19.0 Å². The molecule has 1 saturated carbocycles. The lowest BCUT2D eigenvalue weighted by molar-refractivity contribution is -0.121. The van der Waals surface area contributed by atoms with Crippen LogP contribution in [-0.4, -0.2) is 32.7 Å². The van der Waals surface area contributed by atoms with Crippen LogP contribution < -0.4 is 11.1 Å². The molecule has 0 radical (unpaired) electrons. The Balaban J connectivity index is 1.59. The van der Waals surface area contributed by atoms with Gasteiger partial charge in [0.25, 0.3) is 0 Å². The Morgan fingerprint density at radius 2 is 2.00 bits per heavy atom. The highest BCUT2D eigenvalue weighted by Crippen LogP contribution is 2.32. The standard InChI is InChI=1S/C17H24N2O3S/c18-11-16(13-4-5-13)19-17(20)8-9-23(21,22)15-7-6-12-2-1-3-14(12)10-15/h6-7,10,13,16H,1-5,8-9,11,18H2,(H,19,20). The number of amides is 1. The molecule has 1 atom stereocenters. The van der Waals surface area contributed by atoms with E-state index in [4.69, 9.17) is 5.73 Å². The molecule has 0 spiro atoms. The first-order chi connectivity index (χ1) is 11.0. The lowest BCUT2D eigenvalue weighted by Gasteiger charge is -2.16. The van der Waals surface area contributed by atoms with Crippen molar-refractivity contribution in [1.82, 2.24) is 5.32 Å². The normalized spacial score (nSPS) is 18.5. The summed E-state index contributed by atoms with van der Waals surface area (Å²) in [7, 11) is -3.42. The third kappa shape index (κ3) is 3.93. The molecule has 1 aromatic rings. The van der Waals surface area contributed by atoms with Gasteiger partial charge in [0.05, 0.1) is 10.6 Å². The van der Waals surface area contributed by atoms with Crippen LogP contribution in [0.15, 0.2) is 23.1 Å². The van der Waals surface area contributed by atoms with E-state index in [1.165, 1.54) is 5.56 Å². The molecule has 23 heavy (non-hydrogen) atoms. The van der Waals surface area contributed by atoms with Crippen LogP contribution in [0.5, 0.6) is 0 Å². The predicted octanol–water partition coefficient (Wildman–Crippen LogP) is 1.19. The van der Waals surface area contributed by atoms with E-state index < -0.39 is 9.84 Å². The number of rotatable bonds is 7. The molecule has 0 aliphatic heterocycles. The van der Waals surface area contributed by atoms with Crippen molar-refractivity contribution in [2.45, 2.75) is 49.5 Å². The summed E-state index contributed by atoms with van der Waals surface area (Å²) in [5, 5.41) is 2.87. The minimum Gasteiger partial charge on any atom is -0.352 e. The van der Waals surface area contributed by atoms with Crippen molar-refractivity contribution in [1.29, 1.82) is 0 Å². The zero-order valence-electron chi connectivity index (χ0n) is 13.3. The van der Waals surface area contributed by atoms with Gasteiger partial charge in [-0.2, -0.15) is 0 Å². The summed E-state index contributed by atoms with van der Waals surface area (Å²) in [6, 6.07) is 5.35. The number of carbonyl (C=O) groups is 1. The molecule has 1 aromatic carbocycles. The van der Waals surface area contributed by atoms with Gasteiger partial charge in [-0.25, -0.2) is 8.42 Å². The van der Waals surface area contributed by atoms with E-state index in [0.717, 1.165) is 37.7 Å². The summed E-state index contributed by atoms with van der Waals surface area (Å²) in [6.07, 6.45) is 5.23. The second-order valence-electron chi connectivity index (χ2n) is 6.60. The average Bonchev–Trinajstić information content (AvgIpc) is 3.27. The van der Waals surface area contributed by atoms with E-state index in [2.05, 4.69) is 5.32 Å². The SMILES string of the molecule is NCC(NC(=O)CCS(=O)(=O)c1ccc2c(c1)CCC2)C1CC1. The van der Waals surface area contributed by atoms with Crippen molar-refractivity contribution in [3.8, 4) is 0 Å². The number of nitrogens with one attached hydrogen (secondary N) is 1. The molecule has 2 aliphatic carbocycles. The fraction of sp³-hybridized carbons (Fsp3) is 0.588. The Bertz CT molecular complexity index is 696. The number of hydrogen-bond acceptors (Lipinski definition) is 4. The topological polar surface area (TPSA) is 89.3 Å². The molecule has 0 aromatic heterocycles. The number of hydrogen-bond donors (Lipinski definition) is 2. The molecular formula is C17H24N2O3S. The van der Waals surface area contributed by atoms with Crippen molar-refractivity contribution in [2.75, 3.05) is 12.3 Å². The van der Waals surface area contributed by atoms with E-state index in [9.17, 15) is 13.2 Å². The molecule has 1 fully saturated rings. The Hall–Kier alpha value is -1.40. The van der Waals surface area contributed by atoms with Crippen LogP contribution >= 0.6 is 0 Å². The lowest BCUT2D eigenvalue weighted by atomic mass is 10.1. The van der Waals surface area contributed by atoms with E-state index in [0.29, 0.717) is 17.4 Å². The predicted molar refractivity (Wildman–Crippen MR) is 88.8 cm³/mol. The minimum absolute atomic E-state index is 0.00908. The third-order valence-electron chi connectivity index (χ3n) is 4.82. The van der Waals surface area contributed by atoms with E-state index in [1.54, 1.807) is 12.1 Å². The van der Waals surface area contributed by atoms with Gasteiger partial charge in [0.2, 0.25) is 5.91 Å². The molecule has 0 saturated heterocycles. The first kappa shape index (κ1) is 16.5. The van der Waals surface area contributed by atoms with Crippen molar-refractivity contribution in [2.24, 2.45) is 11.7 Å². The number of aryl methyl sites for hydroxylation is 2. The van der Waals surface area contributed by atoms with Gasteiger partial charge in [-0.3, -0.25) is 4.79 Å². The molecule has 1 unspecified atom stereocenters. The molecule has 6 heteroatoms. The van der Waals surface area contributed by atoms with Crippen molar-refractivity contribution in [3.05, 3.63) is 29.3 Å². The van der Waals surface area contributed by atoms with Crippen molar-refractivity contribution >= 4 is 15.7 Å².